The van der Waals surface area contributed by atoms with Gasteiger partial charge in [-0.15, -0.1) is 6.58 Å². The quantitative estimate of drug-likeness (QED) is 0.526. The Bertz CT molecular complexity index is 1020. The van der Waals surface area contributed by atoms with E-state index in [1.807, 2.05) is 42.5 Å². The number of rotatable bonds is 7. The van der Waals surface area contributed by atoms with E-state index in [0.717, 1.165) is 24.0 Å². The standard InChI is InChI=1S/C29H31N3/c1-3-18-29(20-30,21-31)27-19-25(32)16-14-22(2)28(27)26(24-12-8-5-9-13-24)17-15-23-10-6-4-7-11-23/h3-13,15,17,19,22,25-26,28H,1,14,16,18,32H2,2H3/b17-15+/t22-,25+,26+,28?/m1/s1. The molecule has 0 fully saturated rings. The normalized spacial score (nSPS) is 22.2. The zero-order valence-electron chi connectivity index (χ0n) is 18.7. The number of hydrogen-bond acceptors (Lipinski definition) is 3. The first kappa shape index (κ1) is 23.3. The van der Waals surface area contributed by atoms with E-state index < -0.39 is 5.41 Å². The molecule has 2 aromatic carbocycles. The molecule has 2 aromatic rings. The Morgan fingerprint density at radius 1 is 1.06 bits per heavy atom. The van der Waals surface area contributed by atoms with Gasteiger partial charge in [0.05, 0.1) is 12.1 Å². The summed E-state index contributed by atoms with van der Waals surface area (Å²) in [5.74, 6) is 0.241. The van der Waals surface area contributed by atoms with Crippen LogP contribution in [0.15, 0.2) is 91.0 Å². The highest BCUT2D eigenvalue weighted by Gasteiger charge is 2.43. The van der Waals surface area contributed by atoms with Crippen molar-refractivity contribution in [1.29, 1.82) is 10.5 Å². The third kappa shape index (κ3) is 5.08. The lowest BCUT2D eigenvalue weighted by Crippen LogP contribution is -2.31. The summed E-state index contributed by atoms with van der Waals surface area (Å²) in [6.45, 7) is 6.05. The van der Waals surface area contributed by atoms with Crippen LogP contribution in [0.3, 0.4) is 0 Å². The maximum absolute atomic E-state index is 10.2. The maximum Gasteiger partial charge on any atom is 0.168 e. The Morgan fingerprint density at radius 3 is 2.28 bits per heavy atom. The zero-order chi connectivity index (χ0) is 23.0. The van der Waals surface area contributed by atoms with E-state index in [-0.39, 0.29) is 30.2 Å². The third-order valence-corrected chi connectivity index (χ3v) is 6.51. The van der Waals surface area contributed by atoms with E-state index in [1.54, 1.807) is 6.08 Å². The number of nitriles is 2. The van der Waals surface area contributed by atoms with Crippen molar-refractivity contribution in [2.75, 3.05) is 0 Å². The molecule has 4 atom stereocenters. The van der Waals surface area contributed by atoms with E-state index in [0.29, 0.717) is 0 Å². The van der Waals surface area contributed by atoms with Crippen LogP contribution in [-0.2, 0) is 0 Å². The fourth-order valence-electron chi connectivity index (χ4n) is 4.81. The Balaban J connectivity index is 2.19. The van der Waals surface area contributed by atoms with Crippen LogP contribution in [-0.4, -0.2) is 6.04 Å². The molecule has 2 N–H and O–H groups in total. The summed E-state index contributed by atoms with van der Waals surface area (Å²) in [4.78, 5) is 0. The molecular formula is C29H31N3. The molecule has 3 nitrogen and oxygen atoms in total. The number of benzene rings is 2. The molecule has 0 amide bonds. The number of nitrogens with zero attached hydrogens (tertiary/aromatic N) is 2. The maximum atomic E-state index is 10.2. The molecule has 0 spiro atoms. The summed E-state index contributed by atoms with van der Waals surface area (Å²) in [6.07, 6.45) is 10.1. The fraction of sp³-hybridized carbons (Fsp3) is 0.310. The van der Waals surface area contributed by atoms with Gasteiger partial charge in [-0.05, 0) is 41.4 Å². The van der Waals surface area contributed by atoms with Gasteiger partial charge in [0.25, 0.3) is 0 Å². The number of hydrogen-bond donors (Lipinski definition) is 1. The highest BCUT2D eigenvalue weighted by molar-refractivity contribution is 5.52. The highest BCUT2D eigenvalue weighted by atomic mass is 14.6. The zero-order valence-corrected chi connectivity index (χ0v) is 18.7. The lowest BCUT2D eigenvalue weighted by molar-refractivity contribution is 0.328. The van der Waals surface area contributed by atoms with E-state index in [9.17, 15) is 10.5 Å². The van der Waals surface area contributed by atoms with Gasteiger partial charge in [0.2, 0.25) is 0 Å². The molecular weight excluding hydrogens is 390 g/mol. The van der Waals surface area contributed by atoms with Crippen molar-refractivity contribution in [2.45, 2.75) is 38.1 Å². The minimum Gasteiger partial charge on any atom is -0.324 e. The van der Waals surface area contributed by atoms with E-state index >= 15 is 0 Å². The topological polar surface area (TPSA) is 73.6 Å². The molecule has 0 aliphatic heterocycles. The minimum absolute atomic E-state index is 0.00819. The highest BCUT2D eigenvalue weighted by Crippen LogP contribution is 2.48. The monoisotopic (exact) mass is 421 g/mol. The van der Waals surface area contributed by atoms with Gasteiger partial charge in [-0.3, -0.25) is 0 Å². The van der Waals surface area contributed by atoms with Crippen molar-refractivity contribution in [1.82, 2.24) is 0 Å². The summed E-state index contributed by atoms with van der Waals surface area (Å²) in [5.41, 5.74) is 8.28. The summed E-state index contributed by atoms with van der Waals surface area (Å²) in [5, 5.41) is 20.4. The molecule has 1 unspecified atom stereocenters. The molecule has 3 heteroatoms. The Kier molecular flexibility index (Phi) is 7.82. The Morgan fingerprint density at radius 2 is 1.69 bits per heavy atom. The average molecular weight is 422 g/mol. The second kappa shape index (κ2) is 10.8. The second-order valence-corrected chi connectivity index (χ2v) is 8.69. The molecule has 1 aliphatic carbocycles. The van der Waals surface area contributed by atoms with Crippen LogP contribution in [0.25, 0.3) is 6.08 Å². The van der Waals surface area contributed by atoms with Crippen LogP contribution in [0.1, 0.15) is 43.2 Å². The van der Waals surface area contributed by atoms with Crippen molar-refractivity contribution in [3.05, 3.63) is 102 Å². The molecule has 32 heavy (non-hydrogen) atoms. The lowest BCUT2D eigenvalue weighted by Gasteiger charge is -2.36. The van der Waals surface area contributed by atoms with E-state index in [1.165, 1.54) is 5.56 Å². The molecule has 0 aromatic heterocycles. The molecule has 1 aliphatic rings. The lowest BCUT2D eigenvalue weighted by atomic mass is 9.64. The van der Waals surface area contributed by atoms with Crippen molar-refractivity contribution < 1.29 is 0 Å². The van der Waals surface area contributed by atoms with Gasteiger partial charge < -0.3 is 5.73 Å². The molecule has 3 rings (SSSR count). The van der Waals surface area contributed by atoms with E-state index in [4.69, 9.17) is 5.73 Å². The van der Waals surface area contributed by atoms with Crippen LogP contribution in [0.2, 0.25) is 0 Å². The summed E-state index contributed by atoms with van der Waals surface area (Å²) >= 11 is 0. The number of allylic oxidation sites excluding steroid dienone is 3. The van der Waals surface area contributed by atoms with Crippen LogP contribution in [0.5, 0.6) is 0 Å². The molecule has 0 saturated heterocycles. The first-order valence-electron chi connectivity index (χ1n) is 11.2. The van der Waals surface area contributed by atoms with Gasteiger partial charge in [0.15, 0.2) is 5.41 Å². The molecule has 0 saturated carbocycles. The van der Waals surface area contributed by atoms with Gasteiger partial charge in [0.1, 0.15) is 0 Å². The molecule has 0 heterocycles. The second-order valence-electron chi connectivity index (χ2n) is 8.69. The van der Waals surface area contributed by atoms with Crippen molar-refractivity contribution in [2.24, 2.45) is 23.0 Å². The predicted molar refractivity (Wildman–Crippen MR) is 131 cm³/mol. The van der Waals surface area contributed by atoms with Gasteiger partial charge in [0, 0.05) is 18.4 Å². The van der Waals surface area contributed by atoms with Crippen LogP contribution in [0.4, 0.5) is 0 Å². The molecule has 0 radical (unpaired) electrons. The van der Waals surface area contributed by atoms with Crippen molar-refractivity contribution in [3.8, 4) is 12.1 Å². The van der Waals surface area contributed by atoms with Gasteiger partial charge >= 0.3 is 0 Å². The first-order valence-corrected chi connectivity index (χ1v) is 11.2. The minimum atomic E-state index is -1.27. The van der Waals surface area contributed by atoms with Gasteiger partial charge in [-0.25, -0.2) is 0 Å². The molecule has 162 valence electrons. The Hall–Kier alpha value is -3.40. The van der Waals surface area contributed by atoms with Crippen LogP contribution >= 0.6 is 0 Å². The van der Waals surface area contributed by atoms with Gasteiger partial charge in [-0.2, -0.15) is 10.5 Å². The Labute approximate surface area is 192 Å². The fourth-order valence-corrected chi connectivity index (χ4v) is 4.81. The van der Waals surface area contributed by atoms with Crippen LogP contribution in [0, 0.1) is 39.9 Å². The SMILES string of the molecule is C=CCC(C#N)(C#N)C1=C[C@@H](N)CC[C@@H](C)C1[C@@H](/C=C/c1ccccc1)c1ccccc1. The molecule has 0 bridgehead atoms. The summed E-state index contributed by atoms with van der Waals surface area (Å²) < 4.78 is 0. The van der Waals surface area contributed by atoms with Gasteiger partial charge in [-0.1, -0.05) is 91.9 Å². The van der Waals surface area contributed by atoms with E-state index in [2.05, 4.69) is 62.1 Å². The largest absolute Gasteiger partial charge is 0.324 e. The third-order valence-electron chi connectivity index (χ3n) is 6.51. The van der Waals surface area contributed by atoms with Crippen molar-refractivity contribution >= 4 is 6.08 Å². The average Bonchev–Trinajstić information content (AvgIpc) is 2.98. The summed E-state index contributed by atoms with van der Waals surface area (Å²) in [6, 6.07) is 25.1. The number of nitrogens with two attached hydrogens (primary N) is 1. The summed E-state index contributed by atoms with van der Waals surface area (Å²) in [7, 11) is 0. The predicted octanol–water partition coefficient (Wildman–Crippen LogP) is 6.39. The van der Waals surface area contributed by atoms with Crippen molar-refractivity contribution in [3.63, 3.8) is 0 Å². The van der Waals surface area contributed by atoms with Crippen LogP contribution < -0.4 is 5.73 Å². The smallest absolute Gasteiger partial charge is 0.168 e. The first-order chi connectivity index (χ1) is 15.5.